The van der Waals surface area contributed by atoms with Gasteiger partial charge in [0.2, 0.25) is 0 Å². The van der Waals surface area contributed by atoms with Crippen molar-refractivity contribution in [3.8, 4) is 5.75 Å². The summed E-state index contributed by atoms with van der Waals surface area (Å²) in [5, 5.41) is 7.00. The van der Waals surface area contributed by atoms with Gasteiger partial charge in [0.1, 0.15) is 18.2 Å². The van der Waals surface area contributed by atoms with Crippen LogP contribution in [0.15, 0.2) is 65.8 Å². The minimum atomic E-state index is -0.928. The summed E-state index contributed by atoms with van der Waals surface area (Å²) in [4.78, 5) is 24.2. The number of nitrogens with one attached hydrogen (secondary N) is 2. The normalized spacial score (nSPS) is 11.0. The first-order valence-corrected chi connectivity index (χ1v) is 11.6. The Morgan fingerprint density at radius 1 is 1.06 bits per heavy atom. The third-order valence-electron chi connectivity index (χ3n) is 5.08. The van der Waals surface area contributed by atoms with E-state index in [0.717, 1.165) is 5.56 Å². The molecule has 0 saturated heterocycles. The summed E-state index contributed by atoms with van der Waals surface area (Å²) in [5.41, 5.74) is 4.84. The average molecular weight is 516 g/mol. The van der Waals surface area contributed by atoms with Gasteiger partial charge in [-0.05, 0) is 47.4 Å². The summed E-state index contributed by atoms with van der Waals surface area (Å²) in [5.74, 6) is -1.50. The molecule has 0 radical (unpaired) electrons. The zero-order chi connectivity index (χ0) is 25.4. The van der Waals surface area contributed by atoms with Crippen LogP contribution in [-0.4, -0.2) is 18.0 Å². The van der Waals surface area contributed by atoms with E-state index in [-0.39, 0.29) is 23.7 Å². The minimum absolute atomic E-state index is 0.124. The highest BCUT2D eigenvalue weighted by atomic mass is 35.5. The maximum absolute atomic E-state index is 14.0. The van der Waals surface area contributed by atoms with Crippen molar-refractivity contribution >= 4 is 41.2 Å². The number of hydrazone groups is 1. The third kappa shape index (κ3) is 7.53. The molecule has 35 heavy (non-hydrogen) atoms. The van der Waals surface area contributed by atoms with Crippen molar-refractivity contribution in [1.82, 2.24) is 10.7 Å². The highest BCUT2D eigenvalue weighted by Gasteiger charge is 2.13. The van der Waals surface area contributed by atoms with E-state index in [9.17, 15) is 14.0 Å². The number of halogens is 3. The fourth-order valence-corrected chi connectivity index (χ4v) is 3.46. The van der Waals surface area contributed by atoms with Gasteiger partial charge in [-0.2, -0.15) is 5.10 Å². The Kier molecular flexibility index (Phi) is 9.23. The maximum Gasteiger partial charge on any atom is 0.329 e. The Morgan fingerprint density at radius 3 is 2.49 bits per heavy atom. The van der Waals surface area contributed by atoms with Crippen LogP contribution < -0.4 is 15.5 Å². The van der Waals surface area contributed by atoms with Crippen molar-refractivity contribution < 1.29 is 18.7 Å². The zero-order valence-electron chi connectivity index (χ0n) is 19.1. The van der Waals surface area contributed by atoms with Crippen molar-refractivity contribution in [2.45, 2.75) is 32.9 Å². The van der Waals surface area contributed by atoms with Crippen LogP contribution in [0, 0.1) is 5.82 Å². The van der Waals surface area contributed by atoms with Gasteiger partial charge >= 0.3 is 11.8 Å². The molecule has 6 nitrogen and oxygen atoms in total. The van der Waals surface area contributed by atoms with E-state index in [0.29, 0.717) is 22.3 Å². The first kappa shape index (κ1) is 26.2. The molecular formula is C26H24Cl2FN3O3. The Balaban J connectivity index is 1.57. The quantitative estimate of drug-likeness (QED) is 0.232. The van der Waals surface area contributed by atoms with Gasteiger partial charge in [0, 0.05) is 22.7 Å². The van der Waals surface area contributed by atoms with Crippen LogP contribution in [0.3, 0.4) is 0 Å². The molecular weight excluding hydrogens is 492 g/mol. The van der Waals surface area contributed by atoms with Crippen molar-refractivity contribution in [3.05, 3.63) is 98.8 Å². The second-order valence-electron chi connectivity index (χ2n) is 7.95. The second kappa shape index (κ2) is 12.3. The summed E-state index contributed by atoms with van der Waals surface area (Å²) in [6.07, 6.45) is 1.28. The lowest BCUT2D eigenvalue weighted by molar-refractivity contribution is -0.139. The first-order chi connectivity index (χ1) is 16.7. The van der Waals surface area contributed by atoms with Gasteiger partial charge in [0.15, 0.2) is 0 Å². The Labute approximate surface area is 213 Å². The molecule has 0 heterocycles. The molecule has 0 aromatic heterocycles. The van der Waals surface area contributed by atoms with Crippen LogP contribution in [0.5, 0.6) is 5.75 Å². The number of ether oxygens (including phenoxy) is 1. The van der Waals surface area contributed by atoms with Crippen LogP contribution >= 0.6 is 23.2 Å². The van der Waals surface area contributed by atoms with Gasteiger partial charge in [-0.25, -0.2) is 9.82 Å². The molecule has 3 aromatic rings. The summed E-state index contributed by atoms with van der Waals surface area (Å²) in [7, 11) is 0. The van der Waals surface area contributed by atoms with Gasteiger partial charge in [0.05, 0.1) is 11.2 Å². The number of amides is 2. The molecule has 0 aliphatic carbocycles. The zero-order valence-corrected chi connectivity index (χ0v) is 20.7. The Hall–Kier alpha value is -3.42. The summed E-state index contributed by atoms with van der Waals surface area (Å²) < 4.78 is 19.7. The van der Waals surface area contributed by atoms with Gasteiger partial charge in [0.25, 0.3) is 0 Å². The minimum Gasteiger partial charge on any atom is -0.488 e. The number of carbonyl (C=O) groups excluding carboxylic acids is 2. The van der Waals surface area contributed by atoms with Gasteiger partial charge in [-0.1, -0.05) is 67.4 Å². The molecule has 0 spiro atoms. The molecule has 0 aliphatic rings. The first-order valence-electron chi connectivity index (χ1n) is 10.8. The molecule has 2 N–H and O–H groups in total. The van der Waals surface area contributed by atoms with Crippen molar-refractivity contribution in [1.29, 1.82) is 0 Å². The van der Waals surface area contributed by atoms with Gasteiger partial charge in [-0.3, -0.25) is 9.59 Å². The maximum atomic E-state index is 14.0. The largest absolute Gasteiger partial charge is 0.488 e. The van der Waals surface area contributed by atoms with E-state index in [1.807, 2.05) is 24.3 Å². The number of hydrogen-bond acceptors (Lipinski definition) is 4. The Morgan fingerprint density at radius 2 is 1.80 bits per heavy atom. The number of benzene rings is 3. The molecule has 0 unspecified atom stereocenters. The van der Waals surface area contributed by atoms with E-state index in [4.69, 9.17) is 27.9 Å². The number of hydrogen-bond donors (Lipinski definition) is 2. The lowest BCUT2D eigenvalue weighted by atomic mass is 10.0. The monoisotopic (exact) mass is 515 g/mol. The summed E-state index contributed by atoms with van der Waals surface area (Å²) in [6, 6.07) is 16.9. The van der Waals surface area contributed by atoms with Gasteiger partial charge in [-0.15, -0.1) is 0 Å². The summed E-state index contributed by atoms with van der Waals surface area (Å²) >= 11 is 12.1. The smallest absolute Gasteiger partial charge is 0.329 e. The van der Waals surface area contributed by atoms with Crippen molar-refractivity contribution in [2.75, 3.05) is 0 Å². The lowest BCUT2D eigenvalue weighted by Gasteiger charge is -2.11. The predicted molar refractivity (Wildman–Crippen MR) is 135 cm³/mol. The molecule has 0 bridgehead atoms. The number of carbonyl (C=O) groups is 2. The van der Waals surface area contributed by atoms with Crippen LogP contribution in [0.1, 0.15) is 42.0 Å². The van der Waals surface area contributed by atoms with Crippen LogP contribution in [0.25, 0.3) is 0 Å². The molecule has 0 saturated carbocycles. The second-order valence-corrected chi connectivity index (χ2v) is 8.79. The molecule has 3 rings (SSSR count). The molecule has 2 amide bonds. The van der Waals surface area contributed by atoms with E-state index in [1.54, 1.807) is 24.3 Å². The number of nitrogens with zero attached hydrogens (tertiary/aromatic N) is 1. The fraction of sp³-hybridized carbons (Fsp3) is 0.192. The highest BCUT2D eigenvalue weighted by Crippen LogP contribution is 2.25. The number of rotatable bonds is 8. The molecule has 182 valence electrons. The standard InChI is InChI=1S/C26H24Cl2FN3O3/c1-16(2)18-8-6-17(7-9-18)13-30-25(33)26(34)32-31-14-19-12-20(27)10-11-24(19)35-15-21-22(28)4-3-5-23(21)29/h3-12,14,16H,13,15H2,1-2H3,(H,30,33)(H,32,34)/b31-14-. The van der Waals surface area contributed by atoms with E-state index >= 15 is 0 Å². The fourth-order valence-electron chi connectivity index (χ4n) is 3.07. The van der Waals surface area contributed by atoms with Crippen LogP contribution in [-0.2, 0) is 22.7 Å². The van der Waals surface area contributed by atoms with E-state index < -0.39 is 17.6 Å². The average Bonchev–Trinajstić information content (AvgIpc) is 2.83. The third-order valence-corrected chi connectivity index (χ3v) is 5.67. The van der Waals surface area contributed by atoms with Crippen molar-refractivity contribution in [3.63, 3.8) is 0 Å². The van der Waals surface area contributed by atoms with Gasteiger partial charge < -0.3 is 10.1 Å². The van der Waals surface area contributed by atoms with Crippen LogP contribution in [0.4, 0.5) is 4.39 Å². The molecule has 0 aliphatic heterocycles. The van der Waals surface area contributed by atoms with Crippen molar-refractivity contribution in [2.24, 2.45) is 5.10 Å². The molecule has 9 heteroatoms. The molecule has 0 atom stereocenters. The van der Waals surface area contributed by atoms with Crippen LogP contribution in [0.2, 0.25) is 10.0 Å². The Bertz CT molecular complexity index is 1210. The highest BCUT2D eigenvalue weighted by molar-refractivity contribution is 6.35. The van der Waals surface area contributed by atoms with E-state index in [2.05, 4.69) is 29.7 Å². The molecule has 3 aromatic carbocycles. The summed E-state index contributed by atoms with van der Waals surface area (Å²) in [6.45, 7) is 4.28. The lowest BCUT2D eigenvalue weighted by Crippen LogP contribution is -2.37. The van der Waals surface area contributed by atoms with E-state index in [1.165, 1.54) is 23.9 Å². The topological polar surface area (TPSA) is 79.8 Å². The SMILES string of the molecule is CC(C)c1ccc(CNC(=O)C(=O)N/N=C\c2cc(Cl)ccc2OCc2c(F)cccc2Cl)cc1. The predicted octanol–water partition coefficient (Wildman–Crippen LogP) is 5.60. The molecule has 0 fully saturated rings.